The minimum absolute atomic E-state index is 0.156. The van der Waals surface area contributed by atoms with Gasteiger partial charge in [-0.2, -0.15) is 5.10 Å². The van der Waals surface area contributed by atoms with E-state index in [1.54, 1.807) is 12.1 Å². The minimum atomic E-state index is -1.04. The fourth-order valence-corrected chi connectivity index (χ4v) is 2.84. The Morgan fingerprint density at radius 3 is 2.74 bits per heavy atom. The largest absolute Gasteiger partial charge is 0.477 e. The molecule has 0 unspecified atom stereocenters. The summed E-state index contributed by atoms with van der Waals surface area (Å²) < 4.78 is 13.3. The van der Waals surface area contributed by atoms with E-state index < -0.39 is 12.0 Å². The molecule has 0 radical (unpaired) electrons. The Labute approximate surface area is 133 Å². The van der Waals surface area contributed by atoms with Crippen LogP contribution in [0.25, 0.3) is 10.2 Å². The number of carbonyl (C=O) groups is 2. The highest BCUT2D eigenvalue weighted by atomic mass is 32.1. The molecular formula is C14H11FN4O3S. The van der Waals surface area contributed by atoms with Crippen LogP contribution in [0.4, 0.5) is 15.0 Å². The molecule has 3 rings (SSSR count). The lowest BCUT2D eigenvalue weighted by Gasteiger charge is -2.05. The molecule has 2 aromatic heterocycles. The van der Waals surface area contributed by atoms with Crippen LogP contribution in [0.3, 0.4) is 0 Å². The van der Waals surface area contributed by atoms with Crippen molar-refractivity contribution >= 4 is 39.4 Å². The maximum absolute atomic E-state index is 12.8. The van der Waals surface area contributed by atoms with E-state index in [9.17, 15) is 14.0 Å². The lowest BCUT2D eigenvalue weighted by atomic mass is 10.2. The van der Waals surface area contributed by atoms with E-state index in [-0.39, 0.29) is 23.1 Å². The molecule has 4 N–H and O–H groups in total. The van der Waals surface area contributed by atoms with Crippen molar-refractivity contribution in [3.8, 4) is 0 Å². The number of urea groups is 1. The highest BCUT2D eigenvalue weighted by molar-refractivity contribution is 7.21. The van der Waals surface area contributed by atoms with E-state index in [4.69, 9.17) is 5.11 Å². The van der Waals surface area contributed by atoms with Crippen LogP contribution in [0.5, 0.6) is 0 Å². The SMILES string of the molecule is O=C(NCc1ccc(F)cc1)Nc1n[nH]c2cc(C(=O)O)sc12. The molecule has 2 amide bonds. The quantitative estimate of drug-likeness (QED) is 0.588. The summed E-state index contributed by atoms with van der Waals surface area (Å²) in [6.45, 7) is 0.227. The number of hydrogen-bond acceptors (Lipinski definition) is 4. The van der Waals surface area contributed by atoms with E-state index in [0.29, 0.717) is 10.2 Å². The highest BCUT2D eigenvalue weighted by Gasteiger charge is 2.15. The van der Waals surface area contributed by atoms with E-state index in [1.807, 2.05) is 0 Å². The van der Waals surface area contributed by atoms with E-state index >= 15 is 0 Å². The van der Waals surface area contributed by atoms with Crippen LogP contribution in [-0.2, 0) is 6.54 Å². The Bertz CT molecular complexity index is 872. The minimum Gasteiger partial charge on any atom is -0.477 e. The molecule has 0 bridgehead atoms. The number of nitrogens with zero attached hydrogens (tertiary/aromatic N) is 1. The normalized spacial score (nSPS) is 10.7. The number of fused-ring (bicyclic) bond motifs is 1. The summed E-state index contributed by atoms with van der Waals surface area (Å²) in [5.41, 5.74) is 1.29. The third kappa shape index (κ3) is 3.29. The first-order valence-electron chi connectivity index (χ1n) is 6.53. The van der Waals surface area contributed by atoms with Gasteiger partial charge < -0.3 is 10.4 Å². The number of amides is 2. The van der Waals surface area contributed by atoms with Gasteiger partial charge in [0.05, 0.1) is 10.2 Å². The number of carboxylic acid groups (broad SMARTS) is 1. The van der Waals surface area contributed by atoms with Gasteiger partial charge in [0.25, 0.3) is 0 Å². The molecule has 118 valence electrons. The second kappa shape index (κ2) is 6.05. The Balaban J connectivity index is 1.65. The first kappa shape index (κ1) is 15.0. The molecule has 0 aliphatic rings. The van der Waals surface area contributed by atoms with Gasteiger partial charge in [0.1, 0.15) is 10.7 Å². The molecule has 9 heteroatoms. The molecule has 0 aliphatic carbocycles. The van der Waals surface area contributed by atoms with Crippen molar-refractivity contribution < 1.29 is 19.1 Å². The van der Waals surface area contributed by atoms with Gasteiger partial charge in [-0.1, -0.05) is 12.1 Å². The van der Waals surface area contributed by atoms with Crippen LogP contribution in [-0.4, -0.2) is 27.3 Å². The van der Waals surface area contributed by atoms with E-state index in [2.05, 4.69) is 20.8 Å². The average molecular weight is 334 g/mol. The Hall–Kier alpha value is -2.94. The zero-order valence-corrected chi connectivity index (χ0v) is 12.4. The van der Waals surface area contributed by atoms with E-state index in [0.717, 1.165) is 16.9 Å². The molecule has 0 saturated heterocycles. The summed E-state index contributed by atoms with van der Waals surface area (Å²) in [6, 6.07) is 6.72. The van der Waals surface area contributed by atoms with Crippen LogP contribution in [0.15, 0.2) is 30.3 Å². The van der Waals surface area contributed by atoms with Crippen LogP contribution >= 0.6 is 11.3 Å². The number of hydrogen-bond donors (Lipinski definition) is 4. The smallest absolute Gasteiger partial charge is 0.345 e. The van der Waals surface area contributed by atoms with Crippen LogP contribution in [0.2, 0.25) is 0 Å². The molecule has 0 saturated carbocycles. The van der Waals surface area contributed by atoms with Gasteiger partial charge in [-0.25, -0.2) is 14.0 Å². The molecule has 2 heterocycles. The monoisotopic (exact) mass is 334 g/mol. The molecule has 3 aromatic rings. The number of carboxylic acids is 1. The maximum Gasteiger partial charge on any atom is 0.345 e. The fourth-order valence-electron chi connectivity index (χ4n) is 1.94. The number of aromatic amines is 1. The maximum atomic E-state index is 12.8. The summed E-state index contributed by atoms with van der Waals surface area (Å²) in [5.74, 6) is -1.12. The van der Waals surface area contributed by atoms with Crippen molar-refractivity contribution in [3.63, 3.8) is 0 Å². The zero-order chi connectivity index (χ0) is 16.4. The van der Waals surface area contributed by atoms with Gasteiger partial charge in [0.15, 0.2) is 5.82 Å². The van der Waals surface area contributed by atoms with Gasteiger partial charge >= 0.3 is 12.0 Å². The van der Waals surface area contributed by atoms with Crippen molar-refractivity contribution in [3.05, 3.63) is 46.6 Å². The molecule has 1 aromatic carbocycles. The lowest BCUT2D eigenvalue weighted by molar-refractivity contribution is 0.0702. The molecule has 23 heavy (non-hydrogen) atoms. The summed E-state index contributed by atoms with van der Waals surface area (Å²) in [6.07, 6.45) is 0. The predicted octanol–water partition coefficient (Wildman–Crippen LogP) is 2.78. The Kier molecular flexibility index (Phi) is 3.94. The van der Waals surface area contributed by atoms with Gasteiger partial charge in [0, 0.05) is 6.54 Å². The molecule has 7 nitrogen and oxygen atoms in total. The van der Waals surface area contributed by atoms with Gasteiger partial charge in [-0.15, -0.1) is 11.3 Å². The number of H-pyrrole nitrogens is 1. The first-order valence-corrected chi connectivity index (χ1v) is 7.35. The first-order chi connectivity index (χ1) is 11.0. The second-order valence-electron chi connectivity index (χ2n) is 4.66. The number of rotatable bonds is 4. The molecule has 0 atom stereocenters. The Morgan fingerprint density at radius 2 is 2.04 bits per heavy atom. The average Bonchev–Trinajstić information content (AvgIpc) is 3.09. The number of anilines is 1. The number of carbonyl (C=O) groups excluding carboxylic acids is 1. The van der Waals surface area contributed by atoms with Gasteiger partial charge in [-0.3, -0.25) is 10.4 Å². The van der Waals surface area contributed by atoms with Crippen molar-refractivity contribution in [1.29, 1.82) is 0 Å². The number of nitrogens with one attached hydrogen (secondary N) is 3. The number of benzene rings is 1. The van der Waals surface area contributed by atoms with E-state index in [1.165, 1.54) is 18.2 Å². The van der Waals surface area contributed by atoms with Crippen LogP contribution in [0, 0.1) is 5.82 Å². The Morgan fingerprint density at radius 1 is 1.30 bits per heavy atom. The lowest BCUT2D eigenvalue weighted by Crippen LogP contribution is -2.28. The summed E-state index contributed by atoms with van der Waals surface area (Å²) in [7, 11) is 0. The molecule has 0 fully saturated rings. The third-order valence-electron chi connectivity index (χ3n) is 3.04. The summed E-state index contributed by atoms with van der Waals surface area (Å²) in [5, 5.41) is 20.7. The number of aromatic carboxylic acids is 1. The third-order valence-corrected chi connectivity index (χ3v) is 4.17. The molecular weight excluding hydrogens is 323 g/mol. The standard InChI is InChI=1S/C14H11FN4O3S/c15-8-3-1-7(2-4-8)6-16-14(22)17-12-11-9(18-19-12)5-10(23-11)13(20)21/h1-5H,6H2,(H,20,21)(H3,16,17,18,19,22). The molecule has 0 spiro atoms. The van der Waals surface area contributed by atoms with Gasteiger partial charge in [0.2, 0.25) is 0 Å². The summed E-state index contributed by atoms with van der Waals surface area (Å²) >= 11 is 1.02. The van der Waals surface area contributed by atoms with Crippen molar-refractivity contribution in [2.45, 2.75) is 6.54 Å². The van der Waals surface area contributed by atoms with Crippen molar-refractivity contribution in [2.75, 3.05) is 5.32 Å². The van der Waals surface area contributed by atoms with Crippen LogP contribution in [0.1, 0.15) is 15.2 Å². The van der Waals surface area contributed by atoms with Crippen LogP contribution < -0.4 is 10.6 Å². The number of halogens is 1. The molecule has 0 aliphatic heterocycles. The predicted molar refractivity (Wildman–Crippen MR) is 83.2 cm³/mol. The number of thiophene rings is 1. The van der Waals surface area contributed by atoms with Crippen molar-refractivity contribution in [2.24, 2.45) is 0 Å². The second-order valence-corrected chi connectivity index (χ2v) is 5.72. The number of aromatic nitrogens is 2. The van der Waals surface area contributed by atoms with Crippen molar-refractivity contribution in [1.82, 2.24) is 15.5 Å². The van der Waals surface area contributed by atoms with Gasteiger partial charge in [-0.05, 0) is 23.8 Å². The summed E-state index contributed by atoms with van der Waals surface area (Å²) in [4.78, 5) is 23.0. The fraction of sp³-hybridized carbons (Fsp3) is 0.0714. The highest BCUT2D eigenvalue weighted by Crippen LogP contribution is 2.29. The topological polar surface area (TPSA) is 107 Å². The zero-order valence-electron chi connectivity index (χ0n) is 11.6.